The average Bonchev–Trinajstić information content (AvgIpc) is 2.26. The molecule has 1 atom stereocenters. The summed E-state index contributed by atoms with van der Waals surface area (Å²) in [5.41, 5.74) is 2.09. The first kappa shape index (κ1) is 13.9. The van der Waals surface area contributed by atoms with Crippen molar-refractivity contribution in [1.29, 1.82) is 0 Å². The maximum atomic E-state index is 5.10. The first-order valence-electron chi connectivity index (χ1n) is 6.11. The monoisotopic (exact) mass is 237 g/mol. The Bertz CT molecular complexity index is 353. The molecule has 0 aliphatic heterocycles. The van der Waals surface area contributed by atoms with Crippen molar-refractivity contribution >= 4 is 5.95 Å². The Labute approximate surface area is 104 Å². The predicted molar refractivity (Wildman–Crippen MR) is 70.4 cm³/mol. The minimum atomic E-state index is 0.425. The Kier molecular flexibility index (Phi) is 5.35. The van der Waals surface area contributed by atoms with Gasteiger partial charge in [0, 0.05) is 25.0 Å². The third-order valence-electron chi connectivity index (χ3n) is 2.53. The van der Waals surface area contributed by atoms with Gasteiger partial charge in [0.2, 0.25) is 5.95 Å². The van der Waals surface area contributed by atoms with Crippen LogP contribution in [0.3, 0.4) is 0 Å². The summed E-state index contributed by atoms with van der Waals surface area (Å²) in [6.45, 7) is 9.98. The largest absolute Gasteiger partial charge is 0.384 e. The first-order valence-corrected chi connectivity index (χ1v) is 6.11. The van der Waals surface area contributed by atoms with Crippen molar-refractivity contribution in [3.63, 3.8) is 0 Å². The fraction of sp³-hybridized carbons (Fsp3) is 0.692. The number of ether oxygens (including phenoxy) is 1. The van der Waals surface area contributed by atoms with Crippen LogP contribution in [0.25, 0.3) is 0 Å². The van der Waals surface area contributed by atoms with Gasteiger partial charge in [-0.1, -0.05) is 20.8 Å². The molecule has 0 radical (unpaired) electrons. The molecule has 0 amide bonds. The standard InChI is InChI=1S/C13H23N3O/c1-9(2)12-6-11(4)15-13(16-12)14-7-10(3)8-17-5/h6,9-10H,7-8H2,1-5H3,(H,14,15,16). The molecular formula is C13H23N3O. The highest BCUT2D eigenvalue weighted by molar-refractivity contribution is 5.29. The zero-order valence-corrected chi connectivity index (χ0v) is 11.4. The van der Waals surface area contributed by atoms with Crippen LogP contribution in [-0.2, 0) is 4.74 Å². The summed E-state index contributed by atoms with van der Waals surface area (Å²) < 4.78 is 5.10. The molecule has 4 heteroatoms. The molecule has 1 heterocycles. The molecule has 1 aromatic heterocycles. The molecule has 0 aliphatic carbocycles. The van der Waals surface area contributed by atoms with Crippen molar-refractivity contribution in [2.75, 3.05) is 25.6 Å². The van der Waals surface area contributed by atoms with Gasteiger partial charge in [0.25, 0.3) is 0 Å². The van der Waals surface area contributed by atoms with E-state index in [1.165, 1.54) is 0 Å². The summed E-state index contributed by atoms with van der Waals surface area (Å²) in [6.07, 6.45) is 0. The first-order chi connectivity index (χ1) is 8.02. The zero-order chi connectivity index (χ0) is 12.8. The molecule has 1 unspecified atom stereocenters. The number of aryl methyl sites for hydroxylation is 1. The lowest BCUT2D eigenvalue weighted by molar-refractivity contribution is 0.164. The lowest BCUT2D eigenvalue weighted by atomic mass is 10.1. The Morgan fingerprint density at radius 1 is 1.29 bits per heavy atom. The van der Waals surface area contributed by atoms with E-state index in [0.717, 1.165) is 30.5 Å². The molecule has 0 spiro atoms. The van der Waals surface area contributed by atoms with E-state index >= 15 is 0 Å². The van der Waals surface area contributed by atoms with E-state index in [1.807, 2.05) is 13.0 Å². The summed E-state index contributed by atoms with van der Waals surface area (Å²) in [5, 5.41) is 3.26. The number of nitrogens with zero attached hydrogens (tertiary/aromatic N) is 2. The van der Waals surface area contributed by atoms with Crippen LogP contribution in [0, 0.1) is 12.8 Å². The van der Waals surface area contributed by atoms with Gasteiger partial charge in [-0.25, -0.2) is 9.97 Å². The van der Waals surface area contributed by atoms with Crippen LogP contribution < -0.4 is 5.32 Å². The molecule has 1 aromatic rings. The fourth-order valence-electron chi connectivity index (χ4n) is 1.58. The van der Waals surface area contributed by atoms with E-state index < -0.39 is 0 Å². The van der Waals surface area contributed by atoms with Gasteiger partial charge >= 0.3 is 0 Å². The number of methoxy groups -OCH3 is 1. The predicted octanol–water partition coefficient (Wildman–Crippen LogP) is 2.60. The van der Waals surface area contributed by atoms with Crippen molar-refractivity contribution in [2.45, 2.75) is 33.6 Å². The quantitative estimate of drug-likeness (QED) is 0.826. The number of nitrogens with one attached hydrogen (secondary N) is 1. The van der Waals surface area contributed by atoms with E-state index in [4.69, 9.17) is 4.74 Å². The molecule has 4 nitrogen and oxygen atoms in total. The van der Waals surface area contributed by atoms with Gasteiger partial charge in [-0.3, -0.25) is 0 Å². The van der Waals surface area contributed by atoms with Crippen molar-refractivity contribution in [3.05, 3.63) is 17.5 Å². The molecule has 17 heavy (non-hydrogen) atoms. The van der Waals surface area contributed by atoms with Gasteiger partial charge in [0.1, 0.15) is 0 Å². The van der Waals surface area contributed by atoms with Gasteiger partial charge in [0.05, 0.1) is 6.61 Å². The van der Waals surface area contributed by atoms with Crippen molar-refractivity contribution in [2.24, 2.45) is 5.92 Å². The number of hydrogen-bond donors (Lipinski definition) is 1. The summed E-state index contributed by atoms with van der Waals surface area (Å²) >= 11 is 0. The third kappa shape index (κ3) is 4.69. The lowest BCUT2D eigenvalue weighted by Gasteiger charge is -2.13. The van der Waals surface area contributed by atoms with Crippen LogP contribution in [0.2, 0.25) is 0 Å². The molecule has 0 fully saturated rings. The summed E-state index contributed by atoms with van der Waals surface area (Å²) in [5.74, 6) is 1.59. The SMILES string of the molecule is COCC(C)CNc1nc(C)cc(C(C)C)n1. The average molecular weight is 237 g/mol. The maximum Gasteiger partial charge on any atom is 0.223 e. The fourth-order valence-corrected chi connectivity index (χ4v) is 1.58. The normalized spacial score (nSPS) is 12.8. The molecule has 1 N–H and O–H groups in total. The highest BCUT2D eigenvalue weighted by Crippen LogP contribution is 2.14. The third-order valence-corrected chi connectivity index (χ3v) is 2.53. The van der Waals surface area contributed by atoms with E-state index in [1.54, 1.807) is 7.11 Å². The number of anilines is 1. The van der Waals surface area contributed by atoms with Crippen molar-refractivity contribution in [3.8, 4) is 0 Å². The molecule has 0 bridgehead atoms. The number of hydrogen-bond acceptors (Lipinski definition) is 4. The summed E-state index contributed by atoms with van der Waals surface area (Å²) in [4.78, 5) is 8.89. The second kappa shape index (κ2) is 6.55. The Morgan fingerprint density at radius 3 is 2.59 bits per heavy atom. The van der Waals surface area contributed by atoms with E-state index in [0.29, 0.717) is 11.8 Å². The topological polar surface area (TPSA) is 47.0 Å². The van der Waals surface area contributed by atoms with Gasteiger partial charge in [-0.05, 0) is 24.8 Å². The second-order valence-electron chi connectivity index (χ2n) is 4.85. The van der Waals surface area contributed by atoms with Crippen LogP contribution in [0.1, 0.15) is 38.1 Å². The van der Waals surface area contributed by atoms with E-state index in [9.17, 15) is 0 Å². The molecule has 0 saturated carbocycles. The highest BCUT2D eigenvalue weighted by Gasteiger charge is 2.07. The summed E-state index contributed by atoms with van der Waals surface area (Å²) in [6, 6.07) is 2.04. The smallest absolute Gasteiger partial charge is 0.223 e. The van der Waals surface area contributed by atoms with Crippen LogP contribution in [0.5, 0.6) is 0 Å². The molecule has 0 aliphatic rings. The zero-order valence-electron chi connectivity index (χ0n) is 11.4. The van der Waals surface area contributed by atoms with Crippen molar-refractivity contribution < 1.29 is 4.74 Å². The van der Waals surface area contributed by atoms with Gasteiger partial charge in [-0.15, -0.1) is 0 Å². The molecule has 0 aromatic carbocycles. The van der Waals surface area contributed by atoms with Gasteiger partial charge < -0.3 is 10.1 Å². The second-order valence-corrected chi connectivity index (χ2v) is 4.85. The minimum Gasteiger partial charge on any atom is -0.384 e. The molecule has 1 rings (SSSR count). The number of rotatable bonds is 6. The number of aromatic nitrogens is 2. The minimum absolute atomic E-state index is 0.425. The Morgan fingerprint density at radius 2 is 2.00 bits per heavy atom. The lowest BCUT2D eigenvalue weighted by Crippen LogP contribution is -2.17. The van der Waals surface area contributed by atoms with Crippen LogP contribution in [-0.4, -0.2) is 30.2 Å². The Hall–Kier alpha value is -1.16. The maximum absolute atomic E-state index is 5.10. The Balaban J connectivity index is 2.64. The van der Waals surface area contributed by atoms with E-state index in [2.05, 4.69) is 36.1 Å². The van der Waals surface area contributed by atoms with Crippen LogP contribution in [0.4, 0.5) is 5.95 Å². The van der Waals surface area contributed by atoms with Gasteiger partial charge in [0.15, 0.2) is 0 Å². The summed E-state index contributed by atoms with van der Waals surface area (Å²) in [7, 11) is 1.72. The molecular weight excluding hydrogens is 214 g/mol. The molecule has 96 valence electrons. The molecule has 0 saturated heterocycles. The van der Waals surface area contributed by atoms with Crippen LogP contribution >= 0.6 is 0 Å². The van der Waals surface area contributed by atoms with Gasteiger partial charge in [-0.2, -0.15) is 0 Å². The van der Waals surface area contributed by atoms with Crippen LogP contribution in [0.15, 0.2) is 6.07 Å². The van der Waals surface area contributed by atoms with Crippen molar-refractivity contribution in [1.82, 2.24) is 9.97 Å². The van der Waals surface area contributed by atoms with E-state index in [-0.39, 0.29) is 0 Å². The highest BCUT2D eigenvalue weighted by atomic mass is 16.5.